The average molecular weight is 313 g/mol. The standard InChI is InChI=1S/C14H21NO3S.C2H6/c1-10-7-11(2)9-12(8-10)15-13-5-3-4-6-14(13)19(16,17)18;1-2/h3-6,10-12,15H,7-9H2,1-2H3,(H,16,17,18);1-2H3. The Balaban J connectivity index is 0.00000106. The maximum atomic E-state index is 11.3. The van der Waals surface area contributed by atoms with Gasteiger partial charge in [-0.25, -0.2) is 0 Å². The van der Waals surface area contributed by atoms with Gasteiger partial charge in [0.05, 0.1) is 5.69 Å². The molecule has 1 aromatic rings. The van der Waals surface area contributed by atoms with Gasteiger partial charge in [0.2, 0.25) is 0 Å². The normalized spacial score (nSPS) is 25.7. The van der Waals surface area contributed by atoms with Gasteiger partial charge in [-0.15, -0.1) is 0 Å². The van der Waals surface area contributed by atoms with Gasteiger partial charge in [0.1, 0.15) is 4.90 Å². The lowest BCUT2D eigenvalue weighted by atomic mass is 9.80. The number of anilines is 1. The van der Waals surface area contributed by atoms with Gasteiger partial charge >= 0.3 is 0 Å². The first-order chi connectivity index (χ1) is 9.86. The van der Waals surface area contributed by atoms with Crippen LogP contribution < -0.4 is 5.32 Å². The molecular formula is C16H27NO3S. The molecule has 2 unspecified atom stereocenters. The van der Waals surface area contributed by atoms with Crippen LogP contribution in [0.2, 0.25) is 0 Å². The van der Waals surface area contributed by atoms with Crippen LogP contribution in [0.5, 0.6) is 0 Å². The van der Waals surface area contributed by atoms with Crippen LogP contribution >= 0.6 is 0 Å². The number of hydrogen-bond donors (Lipinski definition) is 2. The Morgan fingerprint density at radius 3 is 2.10 bits per heavy atom. The molecule has 2 N–H and O–H groups in total. The largest absolute Gasteiger partial charge is 0.381 e. The van der Waals surface area contributed by atoms with Gasteiger partial charge in [-0.1, -0.05) is 39.8 Å². The Bertz CT molecular complexity index is 532. The van der Waals surface area contributed by atoms with E-state index in [2.05, 4.69) is 19.2 Å². The Labute approximate surface area is 128 Å². The van der Waals surface area contributed by atoms with E-state index in [-0.39, 0.29) is 10.9 Å². The third-order valence-electron chi connectivity index (χ3n) is 3.70. The number of hydrogen-bond acceptors (Lipinski definition) is 3. The molecule has 5 heteroatoms. The highest BCUT2D eigenvalue weighted by Crippen LogP contribution is 2.31. The van der Waals surface area contributed by atoms with Crippen LogP contribution in [0.25, 0.3) is 0 Å². The van der Waals surface area contributed by atoms with Crippen molar-refractivity contribution in [1.29, 1.82) is 0 Å². The maximum Gasteiger partial charge on any atom is 0.296 e. The van der Waals surface area contributed by atoms with Gasteiger partial charge < -0.3 is 5.32 Å². The minimum atomic E-state index is -4.17. The number of rotatable bonds is 3. The lowest BCUT2D eigenvalue weighted by Crippen LogP contribution is -2.30. The van der Waals surface area contributed by atoms with Crippen molar-refractivity contribution in [1.82, 2.24) is 0 Å². The first kappa shape index (κ1) is 18.0. The van der Waals surface area contributed by atoms with Crippen molar-refractivity contribution >= 4 is 15.8 Å². The summed E-state index contributed by atoms with van der Waals surface area (Å²) >= 11 is 0. The molecule has 1 fully saturated rings. The van der Waals surface area contributed by atoms with Crippen molar-refractivity contribution < 1.29 is 13.0 Å². The molecule has 0 radical (unpaired) electrons. The zero-order valence-corrected chi connectivity index (χ0v) is 14.2. The summed E-state index contributed by atoms with van der Waals surface area (Å²) in [5, 5.41) is 3.28. The number of benzene rings is 1. The van der Waals surface area contributed by atoms with Gasteiger partial charge in [0.15, 0.2) is 0 Å². The quantitative estimate of drug-likeness (QED) is 0.821. The molecule has 120 valence electrons. The van der Waals surface area contributed by atoms with E-state index in [4.69, 9.17) is 0 Å². The highest BCUT2D eigenvalue weighted by molar-refractivity contribution is 7.86. The molecule has 1 aliphatic rings. The molecule has 1 aliphatic carbocycles. The van der Waals surface area contributed by atoms with Gasteiger partial charge in [0.25, 0.3) is 10.1 Å². The fourth-order valence-electron chi connectivity index (χ4n) is 3.10. The van der Waals surface area contributed by atoms with Crippen molar-refractivity contribution in [2.45, 2.75) is 57.9 Å². The van der Waals surface area contributed by atoms with Crippen molar-refractivity contribution in [2.75, 3.05) is 5.32 Å². The van der Waals surface area contributed by atoms with Gasteiger partial charge in [0, 0.05) is 6.04 Å². The van der Waals surface area contributed by atoms with E-state index >= 15 is 0 Å². The van der Waals surface area contributed by atoms with Gasteiger partial charge in [-0.3, -0.25) is 4.55 Å². The second kappa shape index (κ2) is 7.80. The second-order valence-corrected chi connectivity index (χ2v) is 7.12. The minimum Gasteiger partial charge on any atom is -0.381 e. The molecule has 0 bridgehead atoms. The predicted octanol–water partition coefficient (Wildman–Crippen LogP) is 4.20. The first-order valence-electron chi connectivity index (χ1n) is 7.69. The average Bonchev–Trinajstić information content (AvgIpc) is 2.39. The zero-order chi connectivity index (χ0) is 16.0. The van der Waals surface area contributed by atoms with E-state index in [9.17, 15) is 13.0 Å². The first-order valence-corrected chi connectivity index (χ1v) is 9.13. The van der Waals surface area contributed by atoms with E-state index in [1.54, 1.807) is 18.2 Å². The number of nitrogens with one attached hydrogen (secondary N) is 1. The molecule has 0 amide bonds. The summed E-state index contributed by atoms with van der Waals surface area (Å²) in [5.74, 6) is 1.28. The molecule has 2 atom stereocenters. The fourth-order valence-corrected chi connectivity index (χ4v) is 3.75. The minimum absolute atomic E-state index is 0.0409. The summed E-state index contributed by atoms with van der Waals surface area (Å²) in [4.78, 5) is -0.0409. The van der Waals surface area contributed by atoms with Crippen LogP contribution in [0.15, 0.2) is 29.2 Å². The van der Waals surface area contributed by atoms with Crippen molar-refractivity contribution in [3.63, 3.8) is 0 Å². The third-order valence-corrected chi connectivity index (χ3v) is 4.61. The molecule has 2 rings (SSSR count). The molecule has 0 aromatic heterocycles. The van der Waals surface area contributed by atoms with Gasteiger partial charge in [-0.05, 0) is 43.2 Å². The molecule has 0 aliphatic heterocycles. The van der Waals surface area contributed by atoms with Crippen LogP contribution in [0.1, 0.15) is 47.0 Å². The van der Waals surface area contributed by atoms with Crippen molar-refractivity contribution in [3.8, 4) is 0 Å². The molecule has 1 aromatic carbocycles. The Morgan fingerprint density at radius 2 is 1.57 bits per heavy atom. The van der Waals surface area contributed by atoms with Crippen LogP contribution in [0.4, 0.5) is 5.69 Å². The summed E-state index contributed by atoms with van der Waals surface area (Å²) < 4.78 is 31.9. The smallest absolute Gasteiger partial charge is 0.296 e. The summed E-state index contributed by atoms with van der Waals surface area (Å²) in [6.07, 6.45) is 3.28. The van der Waals surface area contributed by atoms with Crippen LogP contribution in [0.3, 0.4) is 0 Å². The fraction of sp³-hybridized carbons (Fsp3) is 0.625. The predicted molar refractivity (Wildman–Crippen MR) is 87.2 cm³/mol. The Hall–Kier alpha value is -1.07. The molecule has 1 saturated carbocycles. The lowest BCUT2D eigenvalue weighted by molar-refractivity contribution is 0.280. The Morgan fingerprint density at radius 1 is 1.05 bits per heavy atom. The summed E-state index contributed by atoms with van der Waals surface area (Å²) in [6.45, 7) is 8.44. The van der Waals surface area contributed by atoms with E-state index in [1.807, 2.05) is 13.8 Å². The van der Waals surface area contributed by atoms with Crippen molar-refractivity contribution in [3.05, 3.63) is 24.3 Å². The van der Waals surface area contributed by atoms with Crippen molar-refractivity contribution in [2.24, 2.45) is 11.8 Å². The molecule has 4 nitrogen and oxygen atoms in total. The van der Waals surface area contributed by atoms with E-state index < -0.39 is 10.1 Å². The summed E-state index contributed by atoms with van der Waals surface area (Å²) in [5.41, 5.74) is 0.497. The van der Waals surface area contributed by atoms with Crippen LogP contribution in [0, 0.1) is 11.8 Å². The zero-order valence-electron chi connectivity index (χ0n) is 13.3. The summed E-state index contributed by atoms with van der Waals surface area (Å²) in [7, 11) is -4.17. The third kappa shape index (κ3) is 5.32. The second-order valence-electron chi connectivity index (χ2n) is 5.73. The molecule has 0 heterocycles. The molecular weight excluding hydrogens is 286 g/mol. The molecule has 21 heavy (non-hydrogen) atoms. The Kier molecular flexibility index (Phi) is 6.68. The topological polar surface area (TPSA) is 66.4 Å². The summed E-state index contributed by atoms with van der Waals surface area (Å²) in [6, 6.07) is 6.77. The highest BCUT2D eigenvalue weighted by Gasteiger charge is 2.25. The molecule has 0 spiro atoms. The number of para-hydroxylation sites is 1. The lowest BCUT2D eigenvalue weighted by Gasteiger charge is -2.32. The van der Waals surface area contributed by atoms with E-state index in [0.29, 0.717) is 17.5 Å². The molecule has 0 saturated heterocycles. The maximum absolute atomic E-state index is 11.3. The SMILES string of the molecule is CC.CC1CC(C)CC(Nc2ccccc2S(=O)(=O)O)C1. The van der Waals surface area contributed by atoms with Gasteiger partial charge in [-0.2, -0.15) is 8.42 Å². The monoisotopic (exact) mass is 313 g/mol. The van der Waals surface area contributed by atoms with Crippen LogP contribution in [-0.4, -0.2) is 19.0 Å². The van der Waals surface area contributed by atoms with E-state index in [1.165, 1.54) is 12.5 Å². The van der Waals surface area contributed by atoms with E-state index in [0.717, 1.165) is 12.8 Å². The highest BCUT2D eigenvalue weighted by atomic mass is 32.2. The van der Waals surface area contributed by atoms with Crippen LogP contribution in [-0.2, 0) is 10.1 Å².